The summed E-state index contributed by atoms with van der Waals surface area (Å²) in [4.78, 5) is 13.9. The van der Waals surface area contributed by atoms with Gasteiger partial charge in [-0.1, -0.05) is 13.8 Å². The number of hydrogen-bond donors (Lipinski definition) is 0. The van der Waals surface area contributed by atoms with E-state index in [0.29, 0.717) is 5.41 Å². The Hall–Kier alpha value is -0.830. The van der Waals surface area contributed by atoms with Crippen molar-refractivity contribution in [3.8, 4) is 0 Å². The van der Waals surface area contributed by atoms with E-state index in [0.717, 1.165) is 23.1 Å². The van der Waals surface area contributed by atoms with E-state index in [-0.39, 0.29) is 5.78 Å². The highest BCUT2D eigenvalue weighted by molar-refractivity contribution is 9.10. The molecule has 0 amide bonds. The summed E-state index contributed by atoms with van der Waals surface area (Å²) in [5, 5.41) is 0. The average Bonchev–Trinajstić information content (AvgIpc) is 2.83. The normalized spacial score (nSPS) is 17.8. The van der Waals surface area contributed by atoms with Gasteiger partial charge in [-0.2, -0.15) is 0 Å². The lowest BCUT2D eigenvalue weighted by molar-refractivity contribution is 0.101. The summed E-state index contributed by atoms with van der Waals surface area (Å²) < 4.78 is 0.906. The highest BCUT2D eigenvalue weighted by Crippen LogP contribution is 2.39. The fourth-order valence-electron chi connectivity index (χ4n) is 2.97. The smallest absolute Gasteiger partial charge is 0.160 e. The van der Waals surface area contributed by atoms with E-state index in [1.165, 1.54) is 24.9 Å². The largest absolute Gasteiger partial charge is 0.371 e. The van der Waals surface area contributed by atoms with Gasteiger partial charge < -0.3 is 4.90 Å². The third-order valence-electron chi connectivity index (χ3n) is 4.64. The predicted octanol–water partition coefficient (Wildman–Crippen LogP) is 4.67. The summed E-state index contributed by atoms with van der Waals surface area (Å²) in [5.74, 6) is 0.108. The molecule has 1 aromatic rings. The van der Waals surface area contributed by atoms with Crippen LogP contribution in [0.15, 0.2) is 22.7 Å². The van der Waals surface area contributed by atoms with Crippen molar-refractivity contribution in [2.45, 2.75) is 40.0 Å². The summed E-state index contributed by atoms with van der Waals surface area (Å²) in [5.41, 5.74) is 2.46. The van der Waals surface area contributed by atoms with Crippen LogP contribution in [0.2, 0.25) is 0 Å². The van der Waals surface area contributed by atoms with Crippen molar-refractivity contribution in [1.82, 2.24) is 0 Å². The third-order valence-corrected chi connectivity index (χ3v) is 5.29. The van der Waals surface area contributed by atoms with Crippen LogP contribution in [-0.2, 0) is 0 Å². The molecule has 104 valence electrons. The fraction of sp³-hybridized carbons (Fsp3) is 0.562. The Morgan fingerprint density at radius 2 is 2.05 bits per heavy atom. The van der Waals surface area contributed by atoms with Gasteiger partial charge in [0.15, 0.2) is 5.78 Å². The first-order chi connectivity index (χ1) is 9.01. The third kappa shape index (κ3) is 2.86. The molecule has 0 bridgehead atoms. The highest BCUT2D eigenvalue weighted by atomic mass is 79.9. The molecule has 0 unspecified atom stereocenters. The Kier molecular flexibility index (Phi) is 4.34. The predicted molar refractivity (Wildman–Crippen MR) is 84.0 cm³/mol. The van der Waals surface area contributed by atoms with Crippen LogP contribution >= 0.6 is 15.9 Å². The topological polar surface area (TPSA) is 20.3 Å². The summed E-state index contributed by atoms with van der Waals surface area (Å²) in [6, 6.07) is 6.08. The van der Waals surface area contributed by atoms with Gasteiger partial charge in [-0.05, 0) is 65.7 Å². The molecule has 19 heavy (non-hydrogen) atoms. The van der Waals surface area contributed by atoms with Crippen LogP contribution in [0.3, 0.4) is 0 Å². The summed E-state index contributed by atoms with van der Waals surface area (Å²) >= 11 is 3.51. The first-order valence-electron chi connectivity index (χ1n) is 7.07. The molecular formula is C16H22BrNO. The lowest BCUT2D eigenvalue weighted by Gasteiger charge is -2.27. The maximum absolute atomic E-state index is 11.5. The Labute approximate surface area is 124 Å². The molecule has 0 atom stereocenters. The summed E-state index contributed by atoms with van der Waals surface area (Å²) in [7, 11) is 0. The van der Waals surface area contributed by atoms with Crippen LogP contribution in [0.25, 0.3) is 0 Å². The second kappa shape index (κ2) is 5.66. The monoisotopic (exact) mass is 323 g/mol. The molecule has 2 rings (SSSR count). The van der Waals surface area contributed by atoms with E-state index in [2.05, 4.69) is 46.8 Å². The fourth-order valence-corrected chi connectivity index (χ4v) is 3.61. The van der Waals surface area contributed by atoms with Gasteiger partial charge in [-0.15, -0.1) is 0 Å². The molecule has 1 heterocycles. The van der Waals surface area contributed by atoms with E-state index >= 15 is 0 Å². The lowest BCUT2D eigenvalue weighted by Crippen LogP contribution is -2.26. The maximum Gasteiger partial charge on any atom is 0.160 e. The molecule has 1 aliphatic heterocycles. The number of carbonyl (C=O) groups excluding carboxylic acids is 1. The molecule has 0 radical (unpaired) electrons. The number of Topliss-reactive ketones (excluding diaryl/α,β-unsaturated/α-hetero) is 1. The Morgan fingerprint density at radius 3 is 2.53 bits per heavy atom. The van der Waals surface area contributed by atoms with E-state index in [1.807, 2.05) is 6.07 Å². The SMILES string of the molecule is CCC1(CC)CCN(c2ccc(C(C)=O)c(Br)c2)C1. The van der Waals surface area contributed by atoms with Gasteiger partial charge in [0.25, 0.3) is 0 Å². The van der Waals surface area contributed by atoms with Gasteiger partial charge in [0.05, 0.1) is 0 Å². The van der Waals surface area contributed by atoms with E-state index in [1.54, 1.807) is 6.92 Å². The van der Waals surface area contributed by atoms with Crippen LogP contribution in [0.4, 0.5) is 5.69 Å². The number of carbonyl (C=O) groups is 1. The van der Waals surface area contributed by atoms with E-state index in [9.17, 15) is 4.79 Å². The minimum Gasteiger partial charge on any atom is -0.371 e. The van der Waals surface area contributed by atoms with Crippen molar-refractivity contribution in [2.75, 3.05) is 18.0 Å². The Bertz CT molecular complexity index is 480. The Morgan fingerprint density at radius 1 is 1.37 bits per heavy atom. The van der Waals surface area contributed by atoms with Crippen molar-refractivity contribution < 1.29 is 4.79 Å². The standard InChI is InChI=1S/C16H22BrNO/c1-4-16(5-2)8-9-18(11-16)13-6-7-14(12(3)19)15(17)10-13/h6-7,10H,4-5,8-9,11H2,1-3H3. The summed E-state index contributed by atoms with van der Waals surface area (Å²) in [6.45, 7) is 8.44. The zero-order valence-electron chi connectivity index (χ0n) is 12.0. The van der Waals surface area contributed by atoms with Crippen molar-refractivity contribution in [3.05, 3.63) is 28.2 Å². The molecule has 0 aliphatic carbocycles. The van der Waals surface area contributed by atoms with E-state index < -0.39 is 0 Å². The number of rotatable bonds is 4. The molecule has 0 N–H and O–H groups in total. The van der Waals surface area contributed by atoms with Crippen LogP contribution < -0.4 is 4.90 Å². The molecule has 3 heteroatoms. The molecule has 1 fully saturated rings. The number of hydrogen-bond acceptors (Lipinski definition) is 2. The molecule has 1 aromatic carbocycles. The molecule has 1 saturated heterocycles. The quantitative estimate of drug-likeness (QED) is 0.750. The zero-order chi connectivity index (χ0) is 14.0. The second-order valence-electron chi connectivity index (χ2n) is 5.60. The van der Waals surface area contributed by atoms with Crippen LogP contribution in [0.5, 0.6) is 0 Å². The first-order valence-corrected chi connectivity index (χ1v) is 7.86. The minimum atomic E-state index is 0.108. The number of nitrogens with zero attached hydrogens (tertiary/aromatic N) is 1. The first kappa shape index (κ1) is 14.6. The average molecular weight is 324 g/mol. The van der Waals surface area contributed by atoms with Gasteiger partial charge in [-0.3, -0.25) is 4.79 Å². The van der Waals surface area contributed by atoms with Gasteiger partial charge in [0.1, 0.15) is 0 Å². The number of halogens is 1. The summed E-state index contributed by atoms with van der Waals surface area (Å²) in [6.07, 6.45) is 3.76. The van der Waals surface area contributed by atoms with Gasteiger partial charge in [0, 0.05) is 28.8 Å². The van der Waals surface area contributed by atoms with Crippen LogP contribution in [0, 0.1) is 5.41 Å². The highest BCUT2D eigenvalue weighted by Gasteiger charge is 2.35. The lowest BCUT2D eigenvalue weighted by atomic mass is 9.82. The van der Waals surface area contributed by atoms with Crippen molar-refractivity contribution >= 4 is 27.4 Å². The maximum atomic E-state index is 11.5. The van der Waals surface area contributed by atoms with Crippen LogP contribution in [-0.4, -0.2) is 18.9 Å². The molecule has 1 aliphatic rings. The van der Waals surface area contributed by atoms with Crippen molar-refractivity contribution in [2.24, 2.45) is 5.41 Å². The second-order valence-corrected chi connectivity index (χ2v) is 6.45. The molecule has 0 saturated carbocycles. The molecule has 2 nitrogen and oxygen atoms in total. The van der Waals surface area contributed by atoms with Gasteiger partial charge in [-0.25, -0.2) is 0 Å². The molecule has 0 aromatic heterocycles. The van der Waals surface area contributed by atoms with Crippen molar-refractivity contribution in [3.63, 3.8) is 0 Å². The van der Waals surface area contributed by atoms with E-state index in [4.69, 9.17) is 0 Å². The molecular weight excluding hydrogens is 302 g/mol. The van der Waals surface area contributed by atoms with Gasteiger partial charge in [0.2, 0.25) is 0 Å². The van der Waals surface area contributed by atoms with Crippen molar-refractivity contribution in [1.29, 1.82) is 0 Å². The van der Waals surface area contributed by atoms with Gasteiger partial charge >= 0.3 is 0 Å². The number of anilines is 1. The minimum absolute atomic E-state index is 0.108. The number of ketones is 1. The number of benzene rings is 1. The zero-order valence-corrected chi connectivity index (χ0v) is 13.6. The Balaban J connectivity index is 2.21. The molecule has 0 spiro atoms. The van der Waals surface area contributed by atoms with Crippen LogP contribution in [0.1, 0.15) is 50.4 Å².